The average Bonchev–Trinajstić information content (AvgIpc) is 2.41. The van der Waals surface area contributed by atoms with Crippen molar-refractivity contribution in [2.75, 3.05) is 7.11 Å². The number of carbonyl (C=O) groups excluding carboxylic acids is 1. The summed E-state index contributed by atoms with van der Waals surface area (Å²) in [4.78, 5) is 11.9. The van der Waals surface area contributed by atoms with Crippen molar-refractivity contribution in [2.24, 2.45) is 0 Å². The number of hydrogen-bond acceptors (Lipinski definition) is 2. The van der Waals surface area contributed by atoms with E-state index < -0.39 is 23.2 Å². The predicted molar refractivity (Wildman–Crippen MR) is 67.3 cm³/mol. The Morgan fingerprint density at radius 1 is 1.05 bits per heavy atom. The van der Waals surface area contributed by atoms with Gasteiger partial charge in [0.25, 0.3) is 0 Å². The molecule has 5 heteroatoms. The Labute approximate surface area is 113 Å². The molecule has 0 unspecified atom stereocenters. The molecule has 2 aromatic carbocycles. The molecule has 2 rings (SSSR count). The minimum absolute atomic E-state index is 0.0200. The smallest absolute Gasteiger partial charge is 0.170 e. The van der Waals surface area contributed by atoms with Gasteiger partial charge in [0.2, 0.25) is 0 Å². The van der Waals surface area contributed by atoms with Crippen LogP contribution in [-0.4, -0.2) is 12.9 Å². The molecule has 0 saturated carbocycles. The highest BCUT2D eigenvalue weighted by atomic mass is 19.1. The highest BCUT2D eigenvalue weighted by Crippen LogP contribution is 2.19. The fraction of sp³-hybridized carbons (Fsp3) is 0.133. The lowest BCUT2D eigenvalue weighted by Crippen LogP contribution is -2.08. The van der Waals surface area contributed by atoms with Crippen LogP contribution in [0.15, 0.2) is 36.4 Å². The van der Waals surface area contributed by atoms with E-state index in [-0.39, 0.29) is 23.3 Å². The highest BCUT2D eigenvalue weighted by Gasteiger charge is 2.15. The second kappa shape index (κ2) is 5.77. The van der Waals surface area contributed by atoms with Crippen LogP contribution in [0.5, 0.6) is 5.75 Å². The van der Waals surface area contributed by atoms with Crippen LogP contribution in [-0.2, 0) is 6.42 Å². The second-order valence-corrected chi connectivity index (χ2v) is 4.18. The first kappa shape index (κ1) is 14.1. The maximum Gasteiger partial charge on any atom is 0.170 e. The number of ether oxygens (including phenoxy) is 1. The van der Waals surface area contributed by atoms with Crippen molar-refractivity contribution in [2.45, 2.75) is 6.42 Å². The van der Waals surface area contributed by atoms with E-state index in [0.717, 1.165) is 12.1 Å². The Kier molecular flexibility index (Phi) is 4.08. The number of carbonyl (C=O) groups is 1. The second-order valence-electron chi connectivity index (χ2n) is 4.18. The summed E-state index contributed by atoms with van der Waals surface area (Å²) in [6.45, 7) is 0. The Morgan fingerprint density at radius 2 is 1.80 bits per heavy atom. The minimum Gasteiger partial charge on any atom is -0.497 e. The number of halogens is 3. The fourth-order valence-corrected chi connectivity index (χ4v) is 1.78. The molecule has 0 fully saturated rings. The van der Waals surface area contributed by atoms with Crippen LogP contribution in [0.4, 0.5) is 13.2 Å². The summed E-state index contributed by atoms with van der Waals surface area (Å²) in [5, 5.41) is 0. The topological polar surface area (TPSA) is 26.3 Å². The maximum absolute atomic E-state index is 13.7. The third-order valence-corrected chi connectivity index (χ3v) is 2.84. The fourth-order valence-electron chi connectivity index (χ4n) is 1.78. The third kappa shape index (κ3) is 2.99. The van der Waals surface area contributed by atoms with Gasteiger partial charge in [-0.15, -0.1) is 0 Å². The van der Waals surface area contributed by atoms with E-state index in [1.807, 2.05) is 0 Å². The number of methoxy groups -OCH3 is 1. The number of hydrogen-bond donors (Lipinski definition) is 0. The molecule has 0 atom stereocenters. The molecule has 2 aromatic rings. The molecule has 20 heavy (non-hydrogen) atoms. The average molecular weight is 280 g/mol. The van der Waals surface area contributed by atoms with Crippen molar-refractivity contribution in [1.82, 2.24) is 0 Å². The maximum atomic E-state index is 13.7. The van der Waals surface area contributed by atoms with E-state index in [2.05, 4.69) is 0 Å². The Morgan fingerprint density at radius 3 is 2.40 bits per heavy atom. The third-order valence-electron chi connectivity index (χ3n) is 2.84. The molecule has 0 spiro atoms. The van der Waals surface area contributed by atoms with Crippen molar-refractivity contribution in [1.29, 1.82) is 0 Å². The first-order chi connectivity index (χ1) is 9.51. The molecule has 2 nitrogen and oxygen atoms in total. The van der Waals surface area contributed by atoms with Crippen LogP contribution in [0.25, 0.3) is 0 Å². The zero-order valence-electron chi connectivity index (χ0n) is 10.6. The van der Waals surface area contributed by atoms with Gasteiger partial charge in [0.1, 0.15) is 23.2 Å². The van der Waals surface area contributed by atoms with Gasteiger partial charge in [-0.05, 0) is 23.8 Å². The van der Waals surface area contributed by atoms with Crippen LogP contribution >= 0.6 is 0 Å². The Hall–Kier alpha value is -2.30. The SMILES string of the molecule is COc1ccc(C(=O)Cc2ccc(F)cc2F)c(F)c1. The Balaban J connectivity index is 2.24. The standard InChI is InChI=1S/C15H11F3O2/c1-20-11-4-5-12(14(18)8-11)15(19)6-9-2-3-10(16)7-13(9)17/h2-5,7-8H,6H2,1H3. The molecule has 0 amide bonds. The molecule has 104 valence electrons. The van der Waals surface area contributed by atoms with E-state index in [1.165, 1.54) is 25.3 Å². The summed E-state index contributed by atoms with van der Waals surface area (Å²) in [5.74, 6) is -2.60. The van der Waals surface area contributed by atoms with Gasteiger partial charge in [-0.25, -0.2) is 13.2 Å². The van der Waals surface area contributed by atoms with Crippen LogP contribution in [0.1, 0.15) is 15.9 Å². The molecule has 0 aliphatic heterocycles. The van der Waals surface area contributed by atoms with Gasteiger partial charge in [0.15, 0.2) is 5.78 Å². The predicted octanol–water partition coefficient (Wildman–Crippen LogP) is 3.54. The van der Waals surface area contributed by atoms with Crippen LogP contribution in [0.2, 0.25) is 0 Å². The van der Waals surface area contributed by atoms with E-state index in [9.17, 15) is 18.0 Å². The molecule has 0 aliphatic rings. The lowest BCUT2D eigenvalue weighted by molar-refractivity contribution is 0.0988. The van der Waals surface area contributed by atoms with Gasteiger partial charge in [-0.2, -0.15) is 0 Å². The quantitative estimate of drug-likeness (QED) is 0.801. The van der Waals surface area contributed by atoms with Gasteiger partial charge in [-0.3, -0.25) is 4.79 Å². The lowest BCUT2D eigenvalue weighted by atomic mass is 10.0. The van der Waals surface area contributed by atoms with Gasteiger partial charge >= 0.3 is 0 Å². The summed E-state index contributed by atoms with van der Waals surface area (Å²) >= 11 is 0. The van der Waals surface area contributed by atoms with Crippen molar-refractivity contribution in [3.05, 3.63) is 65.0 Å². The lowest BCUT2D eigenvalue weighted by Gasteiger charge is -2.06. The molecule has 0 bridgehead atoms. The van der Waals surface area contributed by atoms with Gasteiger partial charge in [-0.1, -0.05) is 6.07 Å². The molecule has 0 aliphatic carbocycles. The minimum atomic E-state index is -0.827. The summed E-state index contributed by atoms with van der Waals surface area (Å²) in [5.41, 5.74) is -0.138. The first-order valence-electron chi connectivity index (χ1n) is 5.82. The van der Waals surface area contributed by atoms with E-state index in [4.69, 9.17) is 4.74 Å². The Bertz CT molecular complexity index is 654. The summed E-state index contributed by atoms with van der Waals surface area (Å²) < 4.78 is 44.7. The van der Waals surface area contributed by atoms with Crippen molar-refractivity contribution >= 4 is 5.78 Å². The molecule has 0 N–H and O–H groups in total. The highest BCUT2D eigenvalue weighted by molar-refractivity contribution is 5.97. The number of rotatable bonds is 4. The molecule has 0 radical (unpaired) electrons. The van der Waals surface area contributed by atoms with Gasteiger partial charge in [0, 0.05) is 18.6 Å². The van der Waals surface area contributed by atoms with Crippen molar-refractivity contribution in [3.63, 3.8) is 0 Å². The van der Waals surface area contributed by atoms with E-state index >= 15 is 0 Å². The van der Waals surface area contributed by atoms with Crippen molar-refractivity contribution < 1.29 is 22.7 Å². The summed E-state index contributed by atoms with van der Waals surface area (Å²) in [6, 6.07) is 6.70. The number of Topliss-reactive ketones (excluding diaryl/α,β-unsaturated/α-hetero) is 1. The zero-order chi connectivity index (χ0) is 14.7. The van der Waals surface area contributed by atoms with Crippen LogP contribution < -0.4 is 4.74 Å². The largest absolute Gasteiger partial charge is 0.497 e. The van der Waals surface area contributed by atoms with Crippen molar-refractivity contribution in [3.8, 4) is 5.75 Å². The van der Waals surface area contributed by atoms with E-state index in [1.54, 1.807) is 0 Å². The molecule has 0 heterocycles. The van der Waals surface area contributed by atoms with E-state index in [0.29, 0.717) is 6.07 Å². The number of ketones is 1. The molecular formula is C15H11F3O2. The monoisotopic (exact) mass is 280 g/mol. The molecule has 0 aromatic heterocycles. The molecular weight excluding hydrogens is 269 g/mol. The zero-order valence-corrected chi connectivity index (χ0v) is 10.6. The van der Waals surface area contributed by atoms with Gasteiger partial charge in [0.05, 0.1) is 12.7 Å². The number of benzene rings is 2. The normalized spacial score (nSPS) is 10.4. The molecule has 0 saturated heterocycles. The first-order valence-corrected chi connectivity index (χ1v) is 5.82. The van der Waals surface area contributed by atoms with Crippen LogP contribution in [0, 0.1) is 17.5 Å². The summed E-state index contributed by atoms with van der Waals surface area (Å²) in [6.07, 6.45) is -0.338. The summed E-state index contributed by atoms with van der Waals surface area (Å²) in [7, 11) is 1.38. The van der Waals surface area contributed by atoms with Crippen LogP contribution in [0.3, 0.4) is 0 Å². The van der Waals surface area contributed by atoms with Gasteiger partial charge < -0.3 is 4.74 Å².